The number of benzene rings is 1. The van der Waals surface area contributed by atoms with Crippen LogP contribution in [0.25, 0.3) is 0 Å². The lowest BCUT2D eigenvalue weighted by Gasteiger charge is -2.32. The van der Waals surface area contributed by atoms with Gasteiger partial charge in [0.1, 0.15) is 11.9 Å². The standard InChI is InChI=1S/C13H15FN2O2/c14-13-2-1-10(5-11(13)6-15)7-16-3-4-18-12(8-16)9-17/h1-2,5,12,17H,3-4,7-9H2. The molecule has 0 spiro atoms. The molecule has 96 valence electrons. The normalized spacial score (nSPS) is 20.6. The smallest absolute Gasteiger partial charge is 0.140 e. The van der Waals surface area contributed by atoms with E-state index in [9.17, 15) is 4.39 Å². The van der Waals surface area contributed by atoms with Crippen molar-refractivity contribution in [1.82, 2.24) is 4.90 Å². The summed E-state index contributed by atoms with van der Waals surface area (Å²) in [6, 6.07) is 6.40. The number of nitrogens with zero attached hydrogens (tertiary/aromatic N) is 2. The Labute approximate surface area is 105 Å². The Kier molecular flexibility index (Phi) is 4.26. The maximum Gasteiger partial charge on any atom is 0.140 e. The maximum absolute atomic E-state index is 13.2. The molecule has 2 rings (SSSR count). The summed E-state index contributed by atoms with van der Waals surface area (Å²) in [5.41, 5.74) is 0.964. The minimum absolute atomic E-state index is 0.00334. The van der Waals surface area contributed by atoms with Crippen LogP contribution in [0.1, 0.15) is 11.1 Å². The molecule has 5 heteroatoms. The Hall–Kier alpha value is -1.48. The number of halogens is 1. The van der Waals surface area contributed by atoms with E-state index in [0.717, 1.165) is 12.1 Å². The van der Waals surface area contributed by atoms with Crippen molar-refractivity contribution in [2.75, 3.05) is 26.3 Å². The van der Waals surface area contributed by atoms with Gasteiger partial charge in [0, 0.05) is 19.6 Å². The van der Waals surface area contributed by atoms with E-state index in [0.29, 0.717) is 19.7 Å². The molecule has 0 aliphatic carbocycles. The van der Waals surface area contributed by atoms with Crippen LogP contribution < -0.4 is 0 Å². The number of ether oxygens (including phenoxy) is 1. The highest BCUT2D eigenvalue weighted by atomic mass is 19.1. The Morgan fingerprint density at radius 3 is 3.11 bits per heavy atom. The lowest BCUT2D eigenvalue weighted by atomic mass is 10.1. The number of morpholine rings is 1. The molecule has 1 atom stereocenters. The van der Waals surface area contributed by atoms with Gasteiger partial charge in [-0.05, 0) is 17.7 Å². The molecule has 1 N–H and O–H groups in total. The summed E-state index contributed by atoms with van der Waals surface area (Å²) in [6.07, 6.45) is -0.158. The predicted molar refractivity (Wildman–Crippen MR) is 63.2 cm³/mol. The summed E-state index contributed by atoms with van der Waals surface area (Å²) in [4.78, 5) is 2.12. The van der Waals surface area contributed by atoms with Gasteiger partial charge in [-0.1, -0.05) is 6.07 Å². The first-order valence-electron chi connectivity index (χ1n) is 5.86. The minimum Gasteiger partial charge on any atom is -0.394 e. The predicted octanol–water partition coefficient (Wildman–Crippen LogP) is 0.890. The van der Waals surface area contributed by atoms with E-state index < -0.39 is 5.82 Å². The monoisotopic (exact) mass is 250 g/mol. The summed E-state index contributed by atoms with van der Waals surface area (Å²) < 4.78 is 18.5. The number of rotatable bonds is 3. The molecule has 0 radical (unpaired) electrons. The molecule has 0 aromatic heterocycles. The second kappa shape index (κ2) is 5.91. The minimum atomic E-state index is -0.489. The van der Waals surface area contributed by atoms with E-state index in [1.807, 2.05) is 6.07 Å². The van der Waals surface area contributed by atoms with Gasteiger partial charge in [-0.25, -0.2) is 4.39 Å². The summed E-state index contributed by atoms with van der Waals surface area (Å²) in [6.45, 7) is 2.64. The fraction of sp³-hybridized carbons (Fsp3) is 0.462. The zero-order chi connectivity index (χ0) is 13.0. The van der Waals surface area contributed by atoms with Gasteiger partial charge in [0.15, 0.2) is 0 Å². The van der Waals surface area contributed by atoms with Crippen LogP contribution in [0.15, 0.2) is 18.2 Å². The number of hydrogen-bond donors (Lipinski definition) is 1. The van der Waals surface area contributed by atoms with Gasteiger partial charge < -0.3 is 9.84 Å². The van der Waals surface area contributed by atoms with Gasteiger partial charge in [-0.2, -0.15) is 5.26 Å². The first-order valence-corrected chi connectivity index (χ1v) is 5.86. The van der Waals surface area contributed by atoms with Crippen LogP contribution in [0.5, 0.6) is 0 Å². The Morgan fingerprint density at radius 2 is 2.39 bits per heavy atom. The van der Waals surface area contributed by atoms with Crippen molar-refractivity contribution in [3.63, 3.8) is 0 Å². The largest absolute Gasteiger partial charge is 0.394 e. The molecule has 1 aromatic rings. The average Bonchev–Trinajstić information content (AvgIpc) is 2.41. The van der Waals surface area contributed by atoms with E-state index in [4.69, 9.17) is 15.1 Å². The summed E-state index contributed by atoms with van der Waals surface area (Å²) in [5, 5.41) is 17.8. The highest BCUT2D eigenvalue weighted by molar-refractivity contribution is 5.34. The Bertz CT molecular complexity index is 459. The fourth-order valence-electron chi connectivity index (χ4n) is 2.05. The van der Waals surface area contributed by atoms with Crippen LogP contribution in [0.2, 0.25) is 0 Å². The molecule has 4 nitrogen and oxygen atoms in total. The van der Waals surface area contributed by atoms with Gasteiger partial charge in [-0.15, -0.1) is 0 Å². The van der Waals surface area contributed by atoms with Gasteiger partial charge in [-0.3, -0.25) is 4.90 Å². The first-order chi connectivity index (χ1) is 8.72. The van der Waals surface area contributed by atoms with Gasteiger partial charge in [0.25, 0.3) is 0 Å². The van der Waals surface area contributed by atoms with Crippen LogP contribution >= 0.6 is 0 Å². The van der Waals surface area contributed by atoms with E-state index >= 15 is 0 Å². The van der Waals surface area contributed by atoms with E-state index in [-0.39, 0.29) is 18.3 Å². The Balaban J connectivity index is 2.03. The van der Waals surface area contributed by atoms with Crippen LogP contribution in [-0.2, 0) is 11.3 Å². The summed E-state index contributed by atoms with van der Waals surface area (Å²) >= 11 is 0. The molecule has 1 fully saturated rings. The summed E-state index contributed by atoms with van der Waals surface area (Å²) in [5.74, 6) is -0.489. The topological polar surface area (TPSA) is 56.5 Å². The molecule has 1 aromatic carbocycles. The Morgan fingerprint density at radius 1 is 1.56 bits per heavy atom. The third-order valence-electron chi connectivity index (χ3n) is 2.98. The fourth-order valence-corrected chi connectivity index (χ4v) is 2.05. The molecule has 0 saturated carbocycles. The average molecular weight is 250 g/mol. The number of nitriles is 1. The van der Waals surface area contributed by atoms with Crippen LogP contribution in [0, 0.1) is 17.1 Å². The van der Waals surface area contributed by atoms with E-state index in [1.54, 1.807) is 12.1 Å². The third kappa shape index (κ3) is 3.05. The molecule has 1 aliphatic heterocycles. The van der Waals surface area contributed by atoms with Crippen molar-refractivity contribution >= 4 is 0 Å². The number of hydrogen-bond acceptors (Lipinski definition) is 4. The second-order valence-corrected chi connectivity index (χ2v) is 4.34. The molecular weight excluding hydrogens is 235 g/mol. The quantitative estimate of drug-likeness (QED) is 0.865. The first kappa shape index (κ1) is 13.0. The molecule has 18 heavy (non-hydrogen) atoms. The highest BCUT2D eigenvalue weighted by Crippen LogP contribution is 2.14. The molecule has 1 unspecified atom stereocenters. The van der Waals surface area contributed by atoms with Gasteiger partial charge in [0.2, 0.25) is 0 Å². The van der Waals surface area contributed by atoms with Crippen molar-refractivity contribution in [1.29, 1.82) is 5.26 Å². The molecule has 1 saturated heterocycles. The zero-order valence-electron chi connectivity index (χ0n) is 9.97. The molecule has 1 aliphatic rings. The molecule has 0 amide bonds. The van der Waals surface area contributed by atoms with E-state index in [2.05, 4.69) is 4.90 Å². The van der Waals surface area contributed by atoms with Crippen LogP contribution in [0.3, 0.4) is 0 Å². The number of aliphatic hydroxyl groups is 1. The summed E-state index contributed by atoms with van der Waals surface area (Å²) in [7, 11) is 0. The van der Waals surface area contributed by atoms with Crippen molar-refractivity contribution in [3.8, 4) is 6.07 Å². The number of aliphatic hydroxyl groups excluding tert-OH is 1. The third-order valence-corrected chi connectivity index (χ3v) is 2.98. The SMILES string of the molecule is N#Cc1cc(CN2CCOC(CO)C2)ccc1F. The molecule has 1 heterocycles. The van der Waals surface area contributed by atoms with Crippen LogP contribution in [0.4, 0.5) is 4.39 Å². The lowest BCUT2D eigenvalue weighted by molar-refractivity contribution is -0.0551. The van der Waals surface area contributed by atoms with E-state index in [1.165, 1.54) is 6.07 Å². The molecule has 0 bridgehead atoms. The van der Waals surface area contributed by atoms with Crippen LogP contribution in [-0.4, -0.2) is 42.4 Å². The van der Waals surface area contributed by atoms with Crippen molar-refractivity contribution in [2.24, 2.45) is 0 Å². The molecular formula is C13H15FN2O2. The highest BCUT2D eigenvalue weighted by Gasteiger charge is 2.19. The maximum atomic E-state index is 13.2. The zero-order valence-corrected chi connectivity index (χ0v) is 9.97. The lowest BCUT2D eigenvalue weighted by Crippen LogP contribution is -2.43. The van der Waals surface area contributed by atoms with Gasteiger partial charge >= 0.3 is 0 Å². The van der Waals surface area contributed by atoms with Gasteiger partial charge in [0.05, 0.1) is 24.9 Å². The van der Waals surface area contributed by atoms with Crippen molar-refractivity contribution in [3.05, 3.63) is 35.1 Å². The van der Waals surface area contributed by atoms with Crippen molar-refractivity contribution < 1.29 is 14.2 Å². The second-order valence-electron chi connectivity index (χ2n) is 4.34. The van der Waals surface area contributed by atoms with Crippen molar-refractivity contribution in [2.45, 2.75) is 12.6 Å².